The first-order valence-electron chi connectivity index (χ1n) is 14.1. The van der Waals surface area contributed by atoms with Crippen molar-refractivity contribution in [3.8, 4) is 5.75 Å². The van der Waals surface area contributed by atoms with Crippen LogP contribution in [0.15, 0.2) is 54.6 Å². The summed E-state index contributed by atoms with van der Waals surface area (Å²) in [4.78, 5) is 0. The van der Waals surface area contributed by atoms with Crippen molar-refractivity contribution < 1.29 is 9.47 Å². The molecule has 0 heterocycles. The van der Waals surface area contributed by atoms with Crippen LogP contribution in [-0.4, -0.2) is 12.9 Å². The maximum atomic E-state index is 6.56. The van der Waals surface area contributed by atoms with Gasteiger partial charge in [-0.05, 0) is 61.8 Å². The second kappa shape index (κ2) is 17.6. The molecule has 2 atom stereocenters. The number of hydrogen-bond acceptors (Lipinski definition) is 2. The number of ether oxygens (including phenoxy) is 2. The van der Waals surface area contributed by atoms with E-state index in [1.807, 2.05) is 13.8 Å². The van der Waals surface area contributed by atoms with E-state index in [1.165, 1.54) is 56.1 Å². The maximum Gasteiger partial charge on any atom is 0.209 e. The Morgan fingerprint density at radius 1 is 0.794 bits per heavy atom. The van der Waals surface area contributed by atoms with Crippen LogP contribution in [0.2, 0.25) is 0 Å². The standard InChI is InChI=1S/C27H38O2.C3H8.C2H6/c1-4-13-22(5-2)23-16-18-25(19-17-23)29-26(28-6-3)27(20-11-8-12-21-27)24-14-9-7-10-15-24;1-3-2;1-2/h7,9-10,14-19,22,26H,4-6,8,11-13,20-21H2,1-3H3;3H2,1-2H3;1-2H3. The highest BCUT2D eigenvalue weighted by atomic mass is 16.7. The van der Waals surface area contributed by atoms with E-state index in [-0.39, 0.29) is 11.7 Å². The van der Waals surface area contributed by atoms with Crippen LogP contribution in [-0.2, 0) is 10.2 Å². The van der Waals surface area contributed by atoms with E-state index >= 15 is 0 Å². The summed E-state index contributed by atoms with van der Waals surface area (Å²) in [6, 6.07) is 19.7. The molecule has 2 nitrogen and oxygen atoms in total. The van der Waals surface area contributed by atoms with Gasteiger partial charge in [-0.1, -0.05) is 116 Å². The van der Waals surface area contributed by atoms with Crippen LogP contribution in [0.3, 0.4) is 0 Å². The van der Waals surface area contributed by atoms with E-state index in [2.05, 4.69) is 89.2 Å². The SMILES string of the molecule is CC.CCC.CCCC(CC)c1ccc(OC(OCC)C2(c3ccccc3)CCCCC2)cc1. The summed E-state index contributed by atoms with van der Waals surface area (Å²) in [5, 5.41) is 0. The van der Waals surface area contributed by atoms with Gasteiger partial charge < -0.3 is 9.47 Å². The third kappa shape index (κ3) is 8.77. The quantitative estimate of drug-likeness (QED) is 0.323. The molecule has 0 amide bonds. The summed E-state index contributed by atoms with van der Waals surface area (Å²) in [6.45, 7) is 15.5. The van der Waals surface area contributed by atoms with Gasteiger partial charge in [0.15, 0.2) is 0 Å². The topological polar surface area (TPSA) is 18.5 Å². The lowest BCUT2D eigenvalue weighted by atomic mass is 9.68. The Morgan fingerprint density at radius 2 is 1.38 bits per heavy atom. The van der Waals surface area contributed by atoms with Crippen molar-refractivity contribution in [2.75, 3.05) is 6.61 Å². The van der Waals surface area contributed by atoms with Crippen molar-refractivity contribution in [3.63, 3.8) is 0 Å². The Labute approximate surface area is 211 Å². The lowest BCUT2D eigenvalue weighted by Gasteiger charge is -2.43. The van der Waals surface area contributed by atoms with Gasteiger partial charge in [-0.2, -0.15) is 0 Å². The average Bonchev–Trinajstić information content (AvgIpc) is 2.90. The zero-order chi connectivity index (χ0) is 25.2. The second-order valence-corrected chi connectivity index (χ2v) is 9.16. The monoisotopic (exact) mass is 468 g/mol. The minimum Gasteiger partial charge on any atom is -0.464 e. The number of rotatable bonds is 10. The molecule has 2 aromatic rings. The molecule has 0 saturated heterocycles. The van der Waals surface area contributed by atoms with Crippen molar-refractivity contribution >= 4 is 0 Å². The Morgan fingerprint density at radius 3 is 1.88 bits per heavy atom. The third-order valence-corrected chi connectivity index (χ3v) is 6.59. The van der Waals surface area contributed by atoms with Crippen LogP contribution in [0.5, 0.6) is 5.75 Å². The number of hydrogen-bond donors (Lipinski definition) is 0. The van der Waals surface area contributed by atoms with Gasteiger partial charge in [-0.25, -0.2) is 0 Å². The second-order valence-electron chi connectivity index (χ2n) is 9.16. The third-order valence-electron chi connectivity index (χ3n) is 6.59. The van der Waals surface area contributed by atoms with E-state index in [4.69, 9.17) is 9.47 Å². The molecule has 1 aliphatic carbocycles. The molecule has 1 aliphatic rings. The predicted octanol–water partition coefficient (Wildman–Crippen LogP) is 10.1. The summed E-state index contributed by atoms with van der Waals surface area (Å²) < 4.78 is 12.8. The number of benzene rings is 2. The fraction of sp³-hybridized carbons (Fsp3) is 0.625. The molecule has 1 fully saturated rings. The predicted molar refractivity (Wildman–Crippen MR) is 149 cm³/mol. The average molecular weight is 469 g/mol. The summed E-state index contributed by atoms with van der Waals surface area (Å²) >= 11 is 0. The van der Waals surface area contributed by atoms with Crippen LogP contribution in [0.4, 0.5) is 0 Å². The zero-order valence-electron chi connectivity index (χ0n) is 23.2. The van der Waals surface area contributed by atoms with E-state index in [1.54, 1.807) is 0 Å². The van der Waals surface area contributed by atoms with Gasteiger partial charge >= 0.3 is 0 Å². The fourth-order valence-corrected chi connectivity index (χ4v) is 4.97. The van der Waals surface area contributed by atoms with E-state index < -0.39 is 0 Å². The molecule has 0 radical (unpaired) electrons. The highest BCUT2D eigenvalue weighted by Gasteiger charge is 2.43. The normalized spacial score (nSPS) is 16.2. The Hall–Kier alpha value is -1.80. The fourth-order valence-electron chi connectivity index (χ4n) is 4.97. The molecule has 192 valence electrons. The van der Waals surface area contributed by atoms with E-state index in [0.29, 0.717) is 12.5 Å². The van der Waals surface area contributed by atoms with Gasteiger partial charge in [-0.15, -0.1) is 0 Å². The highest BCUT2D eigenvalue weighted by molar-refractivity contribution is 5.32. The summed E-state index contributed by atoms with van der Waals surface area (Å²) in [6.07, 6.45) is 10.7. The largest absolute Gasteiger partial charge is 0.464 e. The van der Waals surface area contributed by atoms with Gasteiger partial charge in [0.25, 0.3) is 0 Å². The summed E-state index contributed by atoms with van der Waals surface area (Å²) in [5.74, 6) is 1.56. The minimum atomic E-state index is -0.251. The van der Waals surface area contributed by atoms with Gasteiger partial charge in [0.1, 0.15) is 5.75 Å². The van der Waals surface area contributed by atoms with E-state index in [0.717, 1.165) is 18.6 Å². The molecule has 0 spiro atoms. The first-order valence-corrected chi connectivity index (χ1v) is 14.1. The summed E-state index contributed by atoms with van der Waals surface area (Å²) in [7, 11) is 0. The Bertz CT molecular complexity index is 716. The van der Waals surface area contributed by atoms with Crippen molar-refractivity contribution in [1.29, 1.82) is 0 Å². The molecule has 0 bridgehead atoms. The molecular weight excluding hydrogens is 416 g/mol. The van der Waals surface area contributed by atoms with E-state index in [9.17, 15) is 0 Å². The molecule has 0 N–H and O–H groups in total. The summed E-state index contributed by atoms with van der Waals surface area (Å²) in [5.41, 5.74) is 2.70. The van der Waals surface area contributed by atoms with Crippen molar-refractivity contribution in [1.82, 2.24) is 0 Å². The van der Waals surface area contributed by atoms with Crippen LogP contribution in [0.1, 0.15) is 123 Å². The van der Waals surface area contributed by atoms with Crippen molar-refractivity contribution in [2.24, 2.45) is 0 Å². The molecule has 2 unspecified atom stereocenters. The van der Waals surface area contributed by atoms with Crippen LogP contribution in [0.25, 0.3) is 0 Å². The molecule has 1 saturated carbocycles. The molecule has 2 heteroatoms. The van der Waals surface area contributed by atoms with Gasteiger partial charge in [0.05, 0.1) is 5.41 Å². The highest BCUT2D eigenvalue weighted by Crippen LogP contribution is 2.44. The first kappa shape index (κ1) is 30.2. The molecule has 3 rings (SSSR count). The molecule has 2 aromatic carbocycles. The van der Waals surface area contributed by atoms with Crippen molar-refractivity contribution in [2.45, 2.75) is 124 Å². The van der Waals surface area contributed by atoms with Crippen molar-refractivity contribution in [3.05, 3.63) is 65.7 Å². The van der Waals surface area contributed by atoms with Crippen LogP contribution in [0, 0.1) is 0 Å². The Balaban J connectivity index is 0.00000107. The molecular formula is C32H52O2. The van der Waals surface area contributed by atoms with Gasteiger partial charge in [0.2, 0.25) is 6.29 Å². The molecule has 34 heavy (non-hydrogen) atoms. The molecule has 0 aromatic heterocycles. The lowest BCUT2D eigenvalue weighted by Crippen LogP contribution is -2.46. The maximum absolute atomic E-state index is 6.56. The first-order chi connectivity index (χ1) is 16.6. The Kier molecular flexibility index (Phi) is 15.7. The van der Waals surface area contributed by atoms with Gasteiger partial charge in [0, 0.05) is 6.61 Å². The molecule has 0 aliphatic heterocycles. The lowest BCUT2D eigenvalue weighted by molar-refractivity contribution is -0.135. The smallest absolute Gasteiger partial charge is 0.209 e. The zero-order valence-corrected chi connectivity index (χ0v) is 23.2. The minimum absolute atomic E-state index is 0.0671. The van der Waals surface area contributed by atoms with Gasteiger partial charge in [-0.3, -0.25) is 0 Å². The van der Waals surface area contributed by atoms with Crippen LogP contribution >= 0.6 is 0 Å². The van der Waals surface area contributed by atoms with Crippen LogP contribution < -0.4 is 4.74 Å².